The fraction of sp³-hybridized carbons (Fsp3) is 0.345. The molecule has 0 aliphatic carbocycles. The zero-order valence-corrected chi connectivity index (χ0v) is 19.7. The maximum absolute atomic E-state index is 12.7. The van der Waals surface area contributed by atoms with Gasteiger partial charge in [-0.05, 0) is 62.0 Å². The lowest BCUT2D eigenvalue weighted by atomic mass is 9.95. The number of H-pyrrole nitrogens is 1. The SMILES string of the molecule is O=c1[nH]c2ccccc2n1[C@H]1CCNC(CCCN(Cc2ccccc2)Cc2ccccc2)C1. The average Bonchev–Trinajstić information content (AvgIpc) is 3.21. The second-order valence-corrected chi connectivity index (χ2v) is 9.47. The van der Waals surface area contributed by atoms with Crippen LogP contribution in [0.25, 0.3) is 11.0 Å². The van der Waals surface area contributed by atoms with Crippen molar-refractivity contribution in [3.63, 3.8) is 0 Å². The summed E-state index contributed by atoms with van der Waals surface area (Å²) in [5, 5.41) is 3.71. The molecule has 0 amide bonds. The summed E-state index contributed by atoms with van der Waals surface area (Å²) in [4.78, 5) is 18.3. The molecule has 176 valence electrons. The van der Waals surface area contributed by atoms with Gasteiger partial charge in [-0.2, -0.15) is 0 Å². The van der Waals surface area contributed by atoms with Gasteiger partial charge in [0, 0.05) is 25.2 Å². The van der Waals surface area contributed by atoms with Crippen LogP contribution in [0.5, 0.6) is 0 Å². The summed E-state index contributed by atoms with van der Waals surface area (Å²) in [6.07, 6.45) is 4.24. The maximum Gasteiger partial charge on any atom is 0.326 e. The number of fused-ring (bicyclic) bond motifs is 1. The average molecular weight is 455 g/mol. The van der Waals surface area contributed by atoms with E-state index in [2.05, 4.69) is 81.9 Å². The first-order chi connectivity index (χ1) is 16.8. The van der Waals surface area contributed by atoms with E-state index in [0.29, 0.717) is 6.04 Å². The minimum absolute atomic E-state index is 0.0174. The van der Waals surface area contributed by atoms with E-state index in [1.54, 1.807) is 0 Å². The zero-order chi connectivity index (χ0) is 23.2. The predicted octanol–water partition coefficient (Wildman–Crippen LogP) is 5.11. The Morgan fingerprint density at radius 3 is 2.21 bits per heavy atom. The molecule has 3 aromatic carbocycles. The van der Waals surface area contributed by atoms with Gasteiger partial charge in [0.2, 0.25) is 0 Å². The molecule has 2 heterocycles. The Hall–Kier alpha value is -3.15. The molecule has 0 saturated carbocycles. The summed E-state index contributed by atoms with van der Waals surface area (Å²) in [6, 6.07) is 30.2. The largest absolute Gasteiger partial charge is 0.326 e. The minimum Gasteiger partial charge on any atom is -0.314 e. The first kappa shape index (κ1) is 22.6. The Labute approximate surface area is 201 Å². The summed E-state index contributed by atoms with van der Waals surface area (Å²) in [5.41, 5.74) is 4.68. The van der Waals surface area contributed by atoms with E-state index in [-0.39, 0.29) is 11.7 Å². The number of imidazole rings is 1. The van der Waals surface area contributed by atoms with E-state index >= 15 is 0 Å². The number of nitrogens with one attached hydrogen (secondary N) is 2. The third-order valence-corrected chi connectivity index (χ3v) is 6.98. The number of para-hydroxylation sites is 2. The van der Waals surface area contributed by atoms with Gasteiger partial charge in [0.25, 0.3) is 0 Å². The van der Waals surface area contributed by atoms with Gasteiger partial charge in [-0.25, -0.2) is 4.79 Å². The molecule has 1 aliphatic rings. The van der Waals surface area contributed by atoms with E-state index in [9.17, 15) is 4.79 Å². The van der Waals surface area contributed by atoms with Crippen LogP contribution in [0.2, 0.25) is 0 Å². The molecule has 1 fully saturated rings. The van der Waals surface area contributed by atoms with Gasteiger partial charge < -0.3 is 10.3 Å². The Bertz CT molecular complexity index is 1190. The van der Waals surface area contributed by atoms with Crippen molar-refractivity contribution >= 4 is 11.0 Å². The Morgan fingerprint density at radius 1 is 0.853 bits per heavy atom. The lowest BCUT2D eigenvalue weighted by molar-refractivity contribution is 0.233. The number of rotatable bonds is 9. The van der Waals surface area contributed by atoms with Gasteiger partial charge in [-0.15, -0.1) is 0 Å². The number of hydrogen-bond acceptors (Lipinski definition) is 3. The van der Waals surface area contributed by atoms with Gasteiger partial charge in [-0.3, -0.25) is 9.47 Å². The monoisotopic (exact) mass is 454 g/mol. The quantitative estimate of drug-likeness (QED) is 0.370. The summed E-state index contributed by atoms with van der Waals surface area (Å²) in [6.45, 7) is 3.93. The smallest absolute Gasteiger partial charge is 0.314 e. The molecule has 5 heteroatoms. The van der Waals surface area contributed by atoms with E-state index in [0.717, 1.165) is 62.9 Å². The molecule has 5 rings (SSSR count). The topological polar surface area (TPSA) is 53.1 Å². The van der Waals surface area contributed by atoms with Crippen LogP contribution in [0.4, 0.5) is 0 Å². The minimum atomic E-state index is 0.0174. The molecule has 1 unspecified atom stereocenters. The number of aromatic nitrogens is 2. The summed E-state index contributed by atoms with van der Waals surface area (Å²) >= 11 is 0. The molecule has 4 aromatic rings. The van der Waals surface area contributed by atoms with Crippen LogP contribution in [0.1, 0.15) is 42.9 Å². The summed E-state index contributed by atoms with van der Waals surface area (Å²) in [7, 11) is 0. The summed E-state index contributed by atoms with van der Waals surface area (Å²) in [5.74, 6) is 0. The van der Waals surface area contributed by atoms with Crippen molar-refractivity contribution < 1.29 is 0 Å². The van der Waals surface area contributed by atoms with Crippen molar-refractivity contribution in [2.24, 2.45) is 0 Å². The molecular weight excluding hydrogens is 420 g/mol. The van der Waals surface area contributed by atoms with Crippen LogP contribution in [0, 0.1) is 0 Å². The summed E-state index contributed by atoms with van der Waals surface area (Å²) < 4.78 is 1.99. The van der Waals surface area contributed by atoms with E-state index in [1.165, 1.54) is 11.1 Å². The first-order valence-electron chi connectivity index (χ1n) is 12.5. The van der Waals surface area contributed by atoms with Crippen LogP contribution < -0.4 is 11.0 Å². The highest BCUT2D eigenvalue weighted by molar-refractivity contribution is 5.75. The third-order valence-electron chi connectivity index (χ3n) is 6.98. The van der Waals surface area contributed by atoms with Gasteiger partial charge in [-0.1, -0.05) is 72.8 Å². The maximum atomic E-state index is 12.7. The van der Waals surface area contributed by atoms with Crippen molar-refractivity contribution in [3.8, 4) is 0 Å². The molecule has 34 heavy (non-hydrogen) atoms. The first-order valence-corrected chi connectivity index (χ1v) is 12.5. The lowest BCUT2D eigenvalue weighted by Crippen LogP contribution is -2.41. The normalized spacial score (nSPS) is 18.5. The molecule has 1 aliphatic heterocycles. The fourth-order valence-corrected chi connectivity index (χ4v) is 5.33. The molecule has 1 aromatic heterocycles. The van der Waals surface area contributed by atoms with Crippen molar-refractivity contribution in [2.75, 3.05) is 13.1 Å². The van der Waals surface area contributed by atoms with E-state index in [1.807, 2.05) is 22.8 Å². The Balaban J connectivity index is 1.21. The molecule has 2 N–H and O–H groups in total. The predicted molar refractivity (Wildman–Crippen MR) is 139 cm³/mol. The molecule has 0 bridgehead atoms. The Kier molecular flexibility index (Phi) is 7.22. The molecule has 1 saturated heterocycles. The molecule has 0 radical (unpaired) electrons. The fourth-order valence-electron chi connectivity index (χ4n) is 5.33. The third kappa shape index (κ3) is 5.49. The number of piperidine rings is 1. The van der Waals surface area contributed by atoms with Crippen molar-refractivity contribution in [1.29, 1.82) is 0 Å². The van der Waals surface area contributed by atoms with Gasteiger partial charge >= 0.3 is 5.69 Å². The number of benzene rings is 3. The second kappa shape index (κ2) is 10.9. The van der Waals surface area contributed by atoms with Crippen molar-refractivity contribution in [1.82, 2.24) is 19.8 Å². The van der Waals surface area contributed by atoms with Crippen molar-refractivity contribution in [3.05, 3.63) is 107 Å². The zero-order valence-electron chi connectivity index (χ0n) is 19.7. The highest BCUT2D eigenvalue weighted by Gasteiger charge is 2.25. The van der Waals surface area contributed by atoms with Gasteiger partial charge in [0.15, 0.2) is 0 Å². The van der Waals surface area contributed by atoms with Crippen molar-refractivity contribution in [2.45, 2.75) is 50.9 Å². The second-order valence-electron chi connectivity index (χ2n) is 9.47. The number of aromatic amines is 1. The standard InChI is InChI=1S/C29H34N4O/c34-29-31-27-15-7-8-16-28(27)33(29)26-17-18-30-25(20-26)14-9-19-32(21-23-10-3-1-4-11-23)22-24-12-5-2-6-13-24/h1-8,10-13,15-16,25-26,30H,9,14,17-22H2,(H,31,34)/t25?,26-/m0/s1. The van der Waals surface area contributed by atoms with Crippen LogP contribution in [0.3, 0.4) is 0 Å². The van der Waals surface area contributed by atoms with Gasteiger partial charge in [0.05, 0.1) is 11.0 Å². The highest BCUT2D eigenvalue weighted by Crippen LogP contribution is 2.26. The van der Waals surface area contributed by atoms with Crippen LogP contribution in [-0.2, 0) is 13.1 Å². The van der Waals surface area contributed by atoms with E-state index in [4.69, 9.17) is 0 Å². The Morgan fingerprint density at radius 2 is 1.50 bits per heavy atom. The van der Waals surface area contributed by atoms with Crippen LogP contribution >= 0.6 is 0 Å². The number of nitrogens with zero attached hydrogens (tertiary/aromatic N) is 2. The number of hydrogen-bond donors (Lipinski definition) is 2. The highest BCUT2D eigenvalue weighted by atomic mass is 16.1. The molecule has 0 spiro atoms. The lowest BCUT2D eigenvalue weighted by Gasteiger charge is -2.32. The van der Waals surface area contributed by atoms with Gasteiger partial charge in [0.1, 0.15) is 0 Å². The van der Waals surface area contributed by atoms with E-state index < -0.39 is 0 Å². The van der Waals surface area contributed by atoms with Crippen LogP contribution in [0.15, 0.2) is 89.7 Å². The molecule has 5 nitrogen and oxygen atoms in total. The van der Waals surface area contributed by atoms with Crippen LogP contribution in [-0.4, -0.2) is 33.6 Å². The molecular formula is C29H34N4O. The molecule has 2 atom stereocenters.